The van der Waals surface area contributed by atoms with Gasteiger partial charge in [0.05, 0.1) is 0 Å². The van der Waals surface area contributed by atoms with Crippen LogP contribution in [0.5, 0.6) is 0 Å². The van der Waals surface area contributed by atoms with Gasteiger partial charge in [-0.15, -0.1) is 0 Å². The Labute approximate surface area is 143 Å². The van der Waals surface area contributed by atoms with Crippen LogP contribution in [0.25, 0.3) is 0 Å². The number of nitrogens with zero attached hydrogens (tertiary/aromatic N) is 2. The number of rotatable bonds is 4. The van der Waals surface area contributed by atoms with Gasteiger partial charge in [0.25, 0.3) is 0 Å². The molecular formula is C17H18FN3O4. The van der Waals surface area contributed by atoms with Crippen LogP contribution >= 0.6 is 0 Å². The van der Waals surface area contributed by atoms with Crippen LogP contribution < -0.4 is 5.32 Å². The lowest BCUT2D eigenvalue weighted by Crippen LogP contribution is -2.52. The van der Waals surface area contributed by atoms with Crippen molar-refractivity contribution < 1.29 is 23.6 Å². The summed E-state index contributed by atoms with van der Waals surface area (Å²) in [5.74, 6) is -1.99. The number of carbonyl (C=O) groups is 4. The van der Waals surface area contributed by atoms with Gasteiger partial charge in [-0.2, -0.15) is 0 Å². The second-order valence-electron chi connectivity index (χ2n) is 5.99. The third kappa shape index (κ3) is 3.38. The van der Waals surface area contributed by atoms with E-state index in [1.807, 2.05) is 0 Å². The Kier molecular flexibility index (Phi) is 4.78. The summed E-state index contributed by atoms with van der Waals surface area (Å²) in [6.45, 7) is 0.501. The fourth-order valence-electron chi connectivity index (χ4n) is 3.16. The fourth-order valence-corrected chi connectivity index (χ4v) is 3.16. The van der Waals surface area contributed by atoms with E-state index in [1.54, 1.807) is 6.07 Å². The van der Waals surface area contributed by atoms with Crippen molar-refractivity contribution in [2.45, 2.75) is 25.3 Å². The molecule has 8 heteroatoms. The average molecular weight is 347 g/mol. The molecule has 7 nitrogen and oxygen atoms in total. The first-order chi connectivity index (χ1) is 12.0. The minimum Gasteiger partial charge on any atom is -0.352 e. The molecule has 3 rings (SSSR count). The summed E-state index contributed by atoms with van der Waals surface area (Å²) in [4.78, 5) is 50.4. The van der Waals surface area contributed by atoms with E-state index >= 15 is 0 Å². The van der Waals surface area contributed by atoms with Crippen LogP contribution in [0.1, 0.15) is 30.9 Å². The quantitative estimate of drug-likeness (QED) is 0.797. The first-order valence-electron chi connectivity index (χ1n) is 8.14. The number of likely N-dealkylation sites (tertiary alicyclic amines) is 1. The predicted octanol–water partition coefficient (Wildman–Crippen LogP) is 0.364. The number of amides is 4. The minimum atomic E-state index is -1.05. The van der Waals surface area contributed by atoms with E-state index in [2.05, 4.69) is 5.32 Å². The van der Waals surface area contributed by atoms with Crippen molar-refractivity contribution in [3.8, 4) is 0 Å². The van der Waals surface area contributed by atoms with Gasteiger partial charge in [0.2, 0.25) is 23.6 Å². The molecule has 0 saturated carbocycles. The number of benzene rings is 1. The highest BCUT2D eigenvalue weighted by molar-refractivity contribution is 6.02. The highest BCUT2D eigenvalue weighted by atomic mass is 19.1. The number of hydrogen-bond donors (Lipinski definition) is 1. The number of imide groups is 1. The van der Waals surface area contributed by atoms with Gasteiger partial charge < -0.3 is 10.2 Å². The normalized spacial score (nSPS) is 20.8. The van der Waals surface area contributed by atoms with E-state index in [-0.39, 0.29) is 56.3 Å². The maximum atomic E-state index is 14.1. The molecule has 0 spiro atoms. The molecule has 1 N–H and O–H groups in total. The number of piperazine rings is 1. The van der Waals surface area contributed by atoms with Crippen LogP contribution in [0.3, 0.4) is 0 Å². The van der Waals surface area contributed by atoms with Crippen molar-refractivity contribution in [3.05, 3.63) is 35.6 Å². The Hall–Kier alpha value is -2.77. The number of nitrogens with one attached hydrogen (secondary N) is 1. The van der Waals surface area contributed by atoms with E-state index in [4.69, 9.17) is 0 Å². The van der Waals surface area contributed by atoms with E-state index < -0.39 is 23.7 Å². The van der Waals surface area contributed by atoms with E-state index in [0.717, 1.165) is 4.90 Å². The summed E-state index contributed by atoms with van der Waals surface area (Å²) in [5, 5.41) is 2.64. The van der Waals surface area contributed by atoms with Crippen molar-refractivity contribution in [2.24, 2.45) is 0 Å². The first kappa shape index (κ1) is 17.1. The minimum absolute atomic E-state index is 0.0153. The SMILES string of the molecule is O=C1NCCN(C(=O)CCN2C(=O)CCC2=O)C1c1ccccc1F. The van der Waals surface area contributed by atoms with Gasteiger partial charge >= 0.3 is 0 Å². The summed E-state index contributed by atoms with van der Waals surface area (Å²) in [6, 6.07) is 4.77. The molecule has 0 aromatic heterocycles. The lowest BCUT2D eigenvalue weighted by Gasteiger charge is -2.35. The molecule has 0 aliphatic carbocycles. The predicted molar refractivity (Wildman–Crippen MR) is 84.4 cm³/mol. The monoisotopic (exact) mass is 347 g/mol. The summed E-state index contributed by atoms with van der Waals surface area (Å²) in [5.41, 5.74) is 0.126. The van der Waals surface area contributed by atoms with Crippen LogP contribution in [0.15, 0.2) is 24.3 Å². The largest absolute Gasteiger partial charge is 0.352 e. The lowest BCUT2D eigenvalue weighted by atomic mass is 10.0. The molecule has 2 saturated heterocycles. The molecular weight excluding hydrogens is 329 g/mol. The van der Waals surface area contributed by atoms with E-state index in [9.17, 15) is 23.6 Å². The molecule has 1 aromatic carbocycles. The van der Waals surface area contributed by atoms with Crippen LogP contribution in [0, 0.1) is 5.82 Å². The number of halogens is 1. The molecule has 4 amide bonds. The lowest BCUT2D eigenvalue weighted by molar-refractivity contribution is -0.145. The van der Waals surface area contributed by atoms with Gasteiger partial charge in [0, 0.05) is 44.5 Å². The first-order valence-corrected chi connectivity index (χ1v) is 8.14. The molecule has 2 fully saturated rings. The van der Waals surface area contributed by atoms with Crippen molar-refractivity contribution in [1.82, 2.24) is 15.1 Å². The Balaban J connectivity index is 1.75. The Morgan fingerprint density at radius 2 is 1.84 bits per heavy atom. The molecule has 2 heterocycles. The van der Waals surface area contributed by atoms with Crippen molar-refractivity contribution in [2.75, 3.05) is 19.6 Å². The van der Waals surface area contributed by atoms with Gasteiger partial charge in [0.15, 0.2) is 0 Å². The molecule has 132 valence electrons. The highest BCUT2D eigenvalue weighted by Gasteiger charge is 2.36. The maximum absolute atomic E-state index is 14.1. The van der Waals surface area contributed by atoms with Crippen molar-refractivity contribution >= 4 is 23.6 Å². The van der Waals surface area contributed by atoms with Gasteiger partial charge in [0.1, 0.15) is 11.9 Å². The van der Waals surface area contributed by atoms with Crippen molar-refractivity contribution in [1.29, 1.82) is 0 Å². The van der Waals surface area contributed by atoms with Gasteiger partial charge in [-0.1, -0.05) is 18.2 Å². The van der Waals surface area contributed by atoms with E-state index in [0.29, 0.717) is 0 Å². The maximum Gasteiger partial charge on any atom is 0.247 e. The highest BCUT2D eigenvalue weighted by Crippen LogP contribution is 2.26. The molecule has 1 aromatic rings. The molecule has 2 aliphatic heterocycles. The zero-order chi connectivity index (χ0) is 18.0. The molecule has 25 heavy (non-hydrogen) atoms. The van der Waals surface area contributed by atoms with Crippen LogP contribution in [-0.2, 0) is 19.2 Å². The Bertz CT molecular complexity index is 720. The summed E-state index contributed by atoms with van der Waals surface area (Å²) < 4.78 is 14.1. The summed E-state index contributed by atoms with van der Waals surface area (Å²) >= 11 is 0. The second-order valence-corrected chi connectivity index (χ2v) is 5.99. The van der Waals surface area contributed by atoms with Crippen molar-refractivity contribution in [3.63, 3.8) is 0 Å². The smallest absolute Gasteiger partial charge is 0.247 e. The third-order valence-electron chi connectivity index (χ3n) is 4.44. The molecule has 1 atom stereocenters. The molecule has 0 radical (unpaired) electrons. The zero-order valence-corrected chi connectivity index (χ0v) is 13.5. The zero-order valence-electron chi connectivity index (χ0n) is 13.5. The topological polar surface area (TPSA) is 86.8 Å². The average Bonchev–Trinajstić information content (AvgIpc) is 2.91. The van der Waals surface area contributed by atoms with Gasteiger partial charge in [-0.05, 0) is 6.07 Å². The summed E-state index contributed by atoms with van der Waals surface area (Å²) in [6.07, 6.45) is 0.240. The van der Waals surface area contributed by atoms with Gasteiger partial charge in [-0.3, -0.25) is 24.1 Å². The second kappa shape index (κ2) is 7.00. The Morgan fingerprint density at radius 1 is 1.16 bits per heavy atom. The standard InChI is InChI=1S/C17H18FN3O4/c18-12-4-2-1-3-11(12)16-17(25)19-8-10-21(16)15(24)7-9-20-13(22)5-6-14(20)23/h1-4,16H,5-10H2,(H,19,25). The molecule has 2 aliphatic rings. The molecule has 1 unspecified atom stereocenters. The van der Waals surface area contributed by atoms with Crippen LogP contribution in [0.4, 0.5) is 4.39 Å². The summed E-state index contributed by atoms with van der Waals surface area (Å²) in [7, 11) is 0. The Morgan fingerprint density at radius 3 is 2.52 bits per heavy atom. The van der Waals surface area contributed by atoms with Gasteiger partial charge in [-0.25, -0.2) is 4.39 Å². The van der Waals surface area contributed by atoms with Crippen LogP contribution in [-0.4, -0.2) is 53.1 Å². The number of carbonyl (C=O) groups excluding carboxylic acids is 4. The number of hydrogen-bond acceptors (Lipinski definition) is 4. The van der Waals surface area contributed by atoms with E-state index in [1.165, 1.54) is 23.1 Å². The third-order valence-corrected chi connectivity index (χ3v) is 4.44. The fraction of sp³-hybridized carbons (Fsp3) is 0.412. The molecule has 0 bridgehead atoms. The van der Waals surface area contributed by atoms with Crippen LogP contribution in [0.2, 0.25) is 0 Å².